The summed E-state index contributed by atoms with van der Waals surface area (Å²) in [6.45, 7) is 1.68. The van der Waals surface area contributed by atoms with Gasteiger partial charge in [-0.25, -0.2) is 8.78 Å². The molecule has 1 unspecified atom stereocenters. The van der Waals surface area contributed by atoms with Crippen LogP contribution in [0.2, 0.25) is 0 Å². The summed E-state index contributed by atoms with van der Waals surface area (Å²) in [4.78, 5) is 13.8. The molecule has 0 bridgehead atoms. The van der Waals surface area contributed by atoms with E-state index in [9.17, 15) is 13.6 Å². The molecule has 0 spiro atoms. The summed E-state index contributed by atoms with van der Waals surface area (Å²) in [7, 11) is 3.20. The van der Waals surface area contributed by atoms with E-state index in [-0.39, 0.29) is 11.5 Å². The number of hydrogen-bond donors (Lipinski definition) is 0. The van der Waals surface area contributed by atoms with Gasteiger partial charge in [0.05, 0.1) is 13.2 Å². The first-order chi connectivity index (χ1) is 11.4. The molecule has 0 N–H and O–H groups in total. The van der Waals surface area contributed by atoms with Gasteiger partial charge in [-0.05, 0) is 49.2 Å². The van der Waals surface area contributed by atoms with Crippen LogP contribution in [-0.2, 0) is 11.2 Å². The monoisotopic (exact) mass is 333 g/mol. The van der Waals surface area contributed by atoms with E-state index in [1.165, 1.54) is 4.90 Å². The third kappa shape index (κ3) is 4.31. The quantitative estimate of drug-likeness (QED) is 0.796. The lowest BCUT2D eigenvalue weighted by atomic mass is 10.0. The number of nitrogens with zero attached hydrogens (tertiary/aromatic N) is 1. The Hall–Kier alpha value is -2.43. The average Bonchev–Trinajstić information content (AvgIpc) is 2.60. The van der Waals surface area contributed by atoms with Crippen molar-refractivity contribution in [3.8, 4) is 5.75 Å². The van der Waals surface area contributed by atoms with Crippen LogP contribution in [-0.4, -0.2) is 25.0 Å². The number of benzene rings is 2. The van der Waals surface area contributed by atoms with E-state index >= 15 is 0 Å². The van der Waals surface area contributed by atoms with Gasteiger partial charge in [-0.3, -0.25) is 4.79 Å². The fourth-order valence-electron chi connectivity index (χ4n) is 2.48. The van der Waals surface area contributed by atoms with Crippen molar-refractivity contribution < 1.29 is 18.3 Å². The largest absolute Gasteiger partial charge is 0.497 e. The van der Waals surface area contributed by atoms with Crippen molar-refractivity contribution in [2.45, 2.75) is 25.8 Å². The Morgan fingerprint density at radius 3 is 2.46 bits per heavy atom. The third-order valence-corrected chi connectivity index (χ3v) is 4.17. The molecule has 0 radical (unpaired) electrons. The number of rotatable bonds is 6. The van der Waals surface area contributed by atoms with E-state index in [2.05, 4.69) is 0 Å². The van der Waals surface area contributed by atoms with E-state index in [4.69, 9.17) is 4.74 Å². The summed E-state index contributed by atoms with van der Waals surface area (Å²) >= 11 is 0. The topological polar surface area (TPSA) is 29.5 Å². The summed E-state index contributed by atoms with van der Waals surface area (Å²) in [5.74, 6) is -0.393. The molecule has 5 heteroatoms. The Labute approximate surface area is 140 Å². The van der Waals surface area contributed by atoms with Crippen LogP contribution in [0, 0.1) is 11.6 Å². The van der Waals surface area contributed by atoms with Gasteiger partial charge in [0.1, 0.15) is 17.4 Å². The minimum Gasteiger partial charge on any atom is -0.497 e. The van der Waals surface area contributed by atoms with Gasteiger partial charge in [0.15, 0.2) is 0 Å². The van der Waals surface area contributed by atoms with Gasteiger partial charge in [-0.15, -0.1) is 0 Å². The highest BCUT2D eigenvalue weighted by Crippen LogP contribution is 2.23. The highest BCUT2D eigenvalue weighted by Gasteiger charge is 2.20. The molecule has 2 aromatic carbocycles. The van der Waals surface area contributed by atoms with Crippen LogP contribution < -0.4 is 4.74 Å². The molecule has 0 fully saturated rings. The van der Waals surface area contributed by atoms with Crippen molar-refractivity contribution in [1.29, 1.82) is 0 Å². The maximum atomic E-state index is 13.8. The number of halogens is 2. The number of aryl methyl sites for hydroxylation is 1. The smallest absolute Gasteiger partial charge is 0.223 e. The fourth-order valence-corrected chi connectivity index (χ4v) is 2.48. The predicted molar refractivity (Wildman–Crippen MR) is 88.9 cm³/mol. The van der Waals surface area contributed by atoms with Crippen LogP contribution in [0.1, 0.15) is 30.5 Å². The summed E-state index contributed by atoms with van der Waals surface area (Å²) in [5, 5.41) is 0. The third-order valence-electron chi connectivity index (χ3n) is 4.17. The summed E-state index contributed by atoms with van der Waals surface area (Å²) < 4.78 is 32.3. The molecule has 0 saturated heterocycles. The SMILES string of the molecule is COc1ccc(CCC(=O)N(C)C(C)c2cc(F)ccc2F)cc1. The van der Waals surface area contributed by atoms with Crippen LogP contribution in [0.15, 0.2) is 42.5 Å². The second-order valence-electron chi connectivity index (χ2n) is 5.69. The molecule has 0 aliphatic rings. The van der Waals surface area contributed by atoms with Crippen molar-refractivity contribution in [3.63, 3.8) is 0 Å². The molecule has 0 aliphatic heterocycles. The second kappa shape index (κ2) is 7.90. The lowest BCUT2D eigenvalue weighted by Crippen LogP contribution is -2.30. The average molecular weight is 333 g/mol. The van der Waals surface area contributed by atoms with Gasteiger partial charge >= 0.3 is 0 Å². The van der Waals surface area contributed by atoms with Gasteiger partial charge in [0, 0.05) is 19.0 Å². The van der Waals surface area contributed by atoms with Crippen LogP contribution in [0.5, 0.6) is 5.75 Å². The minimum atomic E-state index is -0.538. The van der Waals surface area contributed by atoms with Crippen molar-refractivity contribution in [2.75, 3.05) is 14.2 Å². The maximum Gasteiger partial charge on any atom is 0.223 e. The maximum absolute atomic E-state index is 13.8. The van der Waals surface area contributed by atoms with Crippen LogP contribution in [0.25, 0.3) is 0 Å². The van der Waals surface area contributed by atoms with Gasteiger partial charge in [0.25, 0.3) is 0 Å². The lowest BCUT2D eigenvalue weighted by molar-refractivity contribution is -0.131. The van der Waals surface area contributed by atoms with Crippen molar-refractivity contribution >= 4 is 5.91 Å². The fraction of sp³-hybridized carbons (Fsp3) is 0.316. The lowest BCUT2D eigenvalue weighted by Gasteiger charge is -2.26. The van der Waals surface area contributed by atoms with Crippen LogP contribution in [0.3, 0.4) is 0 Å². The zero-order valence-electron chi connectivity index (χ0n) is 14.1. The molecule has 2 rings (SSSR count). The second-order valence-corrected chi connectivity index (χ2v) is 5.69. The Kier molecular flexibility index (Phi) is 5.90. The van der Waals surface area contributed by atoms with Gasteiger partial charge < -0.3 is 9.64 Å². The molecule has 0 saturated carbocycles. The van der Waals surface area contributed by atoms with Gasteiger partial charge in [-0.1, -0.05) is 12.1 Å². The molecule has 0 aromatic heterocycles. The molecule has 128 valence electrons. The summed E-state index contributed by atoms with van der Waals surface area (Å²) in [6, 6.07) is 10.2. The molecular weight excluding hydrogens is 312 g/mol. The first kappa shape index (κ1) is 17.9. The number of carbonyl (C=O) groups excluding carboxylic acids is 1. The van der Waals surface area contributed by atoms with Crippen molar-refractivity contribution in [2.24, 2.45) is 0 Å². The standard InChI is InChI=1S/C19H21F2NO2/c1-13(17-12-15(20)7-10-18(17)21)22(2)19(23)11-6-14-4-8-16(24-3)9-5-14/h4-5,7-10,12-13H,6,11H2,1-3H3. The van der Waals surface area contributed by atoms with Gasteiger partial charge in [-0.2, -0.15) is 0 Å². The molecule has 1 amide bonds. The first-order valence-electron chi connectivity index (χ1n) is 7.76. The van der Waals surface area contributed by atoms with E-state index in [0.717, 1.165) is 29.5 Å². The van der Waals surface area contributed by atoms with Crippen LogP contribution in [0.4, 0.5) is 8.78 Å². The van der Waals surface area contributed by atoms with Crippen LogP contribution >= 0.6 is 0 Å². The molecule has 24 heavy (non-hydrogen) atoms. The first-order valence-corrected chi connectivity index (χ1v) is 7.76. The van der Waals surface area contributed by atoms with Gasteiger partial charge in [0.2, 0.25) is 5.91 Å². The zero-order chi connectivity index (χ0) is 17.7. The number of hydrogen-bond acceptors (Lipinski definition) is 2. The molecular formula is C19H21F2NO2. The number of amides is 1. The van der Waals surface area contributed by atoms with E-state index in [1.54, 1.807) is 21.1 Å². The number of ether oxygens (including phenoxy) is 1. The normalized spacial score (nSPS) is 11.9. The highest BCUT2D eigenvalue weighted by atomic mass is 19.1. The Morgan fingerprint density at radius 2 is 1.83 bits per heavy atom. The van der Waals surface area contributed by atoms with Crippen molar-refractivity contribution in [1.82, 2.24) is 4.90 Å². The Bertz CT molecular complexity index is 701. The highest BCUT2D eigenvalue weighted by molar-refractivity contribution is 5.76. The summed E-state index contributed by atoms with van der Waals surface area (Å²) in [6.07, 6.45) is 0.871. The molecule has 0 heterocycles. The predicted octanol–water partition coefficient (Wildman–Crippen LogP) is 4.13. The number of methoxy groups -OCH3 is 1. The molecule has 3 nitrogen and oxygen atoms in total. The van der Waals surface area contributed by atoms with E-state index in [0.29, 0.717) is 12.8 Å². The molecule has 0 aliphatic carbocycles. The molecule has 1 atom stereocenters. The minimum absolute atomic E-state index is 0.123. The summed E-state index contributed by atoms with van der Waals surface area (Å²) in [5.41, 5.74) is 1.19. The Morgan fingerprint density at radius 1 is 1.17 bits per heavy atom. The van der Waals surface area contributed by atoms with E-state index in [1.807, 2.05) is 24.3 Å². The Balaban J connectivity index is 1.99. The molecule has 2 aromatic rings. The van der Waals surface area contributed by atoms with Crippen molar-refractivity contribution in [3.05, 3.63) is 65.2 Å². The number of carbonyl (C=O) groups is 1. The zero-order valence-corrected chi connectivity index (χ0v) is 14.1. The van der Waals surface area contributed by atoms with E-state index < -0.39 is 17.7 Å².